The van der Waals surface area contributed by atoms with Gasteiger partial charge in [-0.25, -0.2) is 0 Å². The number of amides is 1. The summed E-state index contributed by atoms with van der Waals surface area (Å²) in [6.45, 7) is 6.56. The van der Waals surface area contributed by atoms with Crippen LogP contribution in [0.1, 0.15) is 39.2 Å². The third-order valence-corrected chi connectivity index (χ3v) is 3.23. The van der Waals surface area contributed by atoms with Crippen molar-refractivity contribution in [2.24, 2.45) is 5.73 Å². The fraction of sp³-hybridized carbons (Fsp3) is 0.533. The molecule has 1 aromatic carbocycles. The number of nitrogens with two attached hydrogens (primary N) is 1. The molecule has 0 aliphatic carbocycles. The highest BCUT2D eigenvalue weighted by Gasteiger charge is 2.17. The Morgan fingerprint density at radius 3 is 2.58 bits per heavy atom. The average molecular weight is 283 g/mol. The summed E-state index contributed by atoms with van der Waals surface area (Å²) in [5, 5.41) is 0.698. The third-order valence-electron chi connectivity index (χ3n) is 3.00. The van der Waals surface area contributed by atoms with Gasteiger partial charge in [-0.3, -0.25) is 4.79 Å². The van der Waals surface area contributed by atoms with Crippen LogP contribution in [0.5, 0.6) is 0 Å². The molecule has 0 radical (unpaired) electrons. The zero-order valence-corrected chi connectivity index (χ0v) is 12.7. The standard InChI is InChI=1S/C15H23ClN2O/c1-11(2)18(15(19)8-7-12(3)17)10-13-5-4-6-14(16)9-13/h4-6,9,11-12H,7-8,10,17H2,1-3H3. The monoisotopic (exact) mass is 282 g/mol. The van der Waals surface area contributed by atoms with Crippen LogP contribution in [0.2, 0.25) is 5.02 Å². The molecule has 1 aromatic rings. The van der Waals surface area contributed by atoms with Gasteiger partial charge in [0, 0.05) is 30.1 Å². The van der Waals surface area contributed by atoms with Crippen LogP contribution in [0.3, 0.4) is 0 Å². The Balaban J connectivity index is 2.70. The number of hydrogen-bond acceptors (Lipinski definition) is 2. The van der Waals surface area contributed by atoms with E-state index >= 15 is 0 Å². The van der Waals surface area contributed by atoms with E-state index in [4.69, 9.17) is 17.3 Å². The maximum Gasteiger partial charge on any atom is 0.223 e. The molecule has 106 valence electrons. The average Bonchev–Trinajstić information content (AvgIpc) is 2.32. The lowest BCUT2D eigenvalue weighted by Gasteiger charge is -2.27. The summed E-state index contributed by atoms with van der Waals surface area (Å²) in [6.07, 6.45) is 1.22. The Morgan fingerprint density at radius 1 is 1.37 bits per heavy atom. The maximum atomic E-state index is 12.2. The summed E-state index contributed by atoms with van der Waals surface area (Å²) in [5.41, 5.74) is 6.75. The van der Waals surface area contributed by atoms with Gasteiger partial charge in [0.25, 0.3) is 0 Å². The molecule has 1 amide bonds. The molecule has 19 heavy (non-hydrogen) atoms. The Hall–Kier alpha value is -1.06. The molecule has 0 saturated heterocycles. The lowest BCUT2D eigenvalue weighted by molar-refractivity contribution is -0.133. The van der Waals surface area contributed by atoms with E-state index in [0.717, 1.165) is 12.0 Å². The van der Waals surface area contributed by atoms with Gasteiger partial charge in [0.15, 0.2) is 0 Å². The zero-order chi connectivity index (χ0) is 14.4. The fourth-order valence-electron chi connectivity index (χ4n) is 1.89. The minimum absolute atomic E-state index is 0.0594. The van der Waals surface area contributed by atoms with Crippen molar-refractivity contribution in [2.75, 3.05) is 0 Å². The Morgan fingerprint density at radius 2 is 2.05 bits per heavy atom. The van der Waals surface area contributed by atoms with Crippen molar-refractivity contribution in [1.29, 1.82) is 0 Å². The van der Waals surface area contributed by atoms with E-state index < -0.39 is 0 Å². The van der Waals surface area contributed by atoms with Crippen LogP contribution in [0, 0.1) is 0 Å². The largest absolute Gasteiger partial charge is 0.336 e. The van der Waals surface area contributed by atoms with E-state index in [1.165, 1.54) is 0 Å². The predicted molar refractivity (Wildman–Crippen MR) is 80.0 cm³/mol. The second-order valence-electron chi connectivity index (χ2n) is 5.26. The van der Waals surface area contributed by atoms with Crippen LogP contribution >= 0.6 is 11.6 Å². The van der Waals surface area contributed by atoms with Crippen molar-refractivity contribution in [1.82, 2.24) is 4.90 Å². The van der Waals surface area contributed by atoms with Gasteiger partial charge in [-0.15, -0.1) is 0 Å². The molecule has 4 heteroatoms. The number of halogens is 1. The van der Waals surface area contributed by atoms with Crippen molar-refractivity contribution in [3.63, 3.8) is 0 Å². The second-order valence-corrected chi connectivity index (χ2v) is 5.70. The minimum atomic E-state index is 0.0594. The molecule has 1 unspecified atom stereocenters. The van der Waals surface area contributed by atoms with Crippen molar-refractivity contribution < 1.29 is 4.79 Å². The van der Waals surface area contributed by atoms with Crippen molar-refractivity contribution in [3.05, 3.63) is 34.9 Å². The van der Waals surface area contributed by atoms with Gasteiger partial charge in [-0.05, 0) is 44.9 Å². The summed E-state index contributed by atoms with van der Waals surface area (Å²) in [7, 11) is 0. The van der Waals surface area contributed by atoms with Crippen molar-refractivity contribution in [2.45, 2.75) is 52.2 Å². The molecule has 3 nitrogen and oxygen atoms in total. The van der Waals surface area contributed by atoms with Crippen LogP contribution in [0.15, 0.2) is 24.3 Å². The molecular formula is C15H23ClN2O. The third kappa shape index (κ3) is 5.62. The lowest BCUT2D eigenvalue weighted by Crippen LogP contribution is -2.37. The molecule has 1 atom stereocenters. The van der Waals surface area contributed by atoms with Gasteiger partial charge in [0.2, 0.25) is 5.91 Å². The van der Waals surface area contributed by atoms with Crippen LogP contribution in [-0.2, 0) is 11.3 Å². The first kappa shape index (κ1) is 16.0. The van der Waals surface area contributed by atoms with E-state index in [2.05, 4.69) is 0 Å². The number of rotatable bonds is 6. The SMILES string of the molecule is CC(N)CCC(=O)N(Cc1cccc(Cl)c1)C(C)C. The summed E-state index contributed by atoms with van der Waals surface area (Å²) >= 11 is 5.97. The number of nitrogens with zero attached hydrogens (tertiary/aromatic N) is 1. The van der Waals surface area contributed by atoms with Crippen LogP contribution in [0.25, 0.3) is 0 Å². The molecule has 0 heterocycles. The molecule has 0 aliphatic heterocycles. The highest BCUT2D eigenvalue weighted by Crippen LogP contribution is 2.15. The minimum Gasteiger partial charge on any atom is -0.336 e. The Labute approximate surface area is 120 Å². The van der Waals surface area contributed by atoms with Gasteiger partial charge < -0.3 is 10.6 Å². The van der Waals surface area contributed by atoms with Crippen LogP contribution in [0.4, 0.5) is 0 Å². The van der Waals surface area contributed by atoms with Gasteiger partial charge in [0.05, 0.1) is 0 Å². The normalized spacial score (nSPS) is 12.5. The summed E-state index contributed by atoms with van der Waals surface area (Å²) in [4.78, 5) is 14.1. The van der Waals surface area contributed by atoms with E-state index in [0.29, 0.717) is 18.0 Å². The molecule has 0 fully saturated rings. The smallest absolute Gasteiger partial charge is 0.223 e. The number of benzene rings is 1. The summed E-state index contributed by atoms with van der Waals surface area (Å²) < 4.78 is 0. The first-order valence-corrected chi connectivity index (χ1v) is 7.07. The number of hydrogen-bond donors (Lipinski definition) is 1. The van der Waals surface area contributed by atoms with E-state index in [1.807, 2.05) is 49.9 Å². The number of carbonyl (C=O) groups is 1. The highest BCUT2D eigenvalue weighted by atomic mass is 35.5. The van der Waals surface area contributed by atoms with Crippen LogP contribution < -0.4 is 5.73 Å². The number of carbonyl (C=O) groups excluding carboxylic acids is 1. The van der Waals surface area contributed by atoms with Crippen molar-refractivity contribution >= 4 is 17.5 Å². The van der Waals surface area contributed by atoms with E-state index in [1.54, 1.807) is 0 Å². The van der Waals surface area contributed by atoms with Gasteiger partial charge in [-0.2, -0.15) is 0 Å². The Bertz CT molecular complexity index is 418. The summed E-state index contributed by atoms with van der Waals surface area (Å²) in [5.74, 6) is 0.146. The van der Waals surface area contributed by atoms with Gasteiger partial charge >= 0.3 is 0 Å². The summed E-state index contributed by atoms with van der Waals surface area (Å²) in [6, 6.07) is 7.85. The molecule has 0 spiro atoms. The fourth-order valence-corrected chi connectivity index (χ4v) is 2.10. The molecule has 1 rings (SSSR count). The van der Waals surface area contributed by atoms with Crippen LogP contribution in [-0.4, -0.2) is 22.9 Å². The van der Waals surface area contributed by atoms with Gasteiger partial charge in [-0.1, -0.05) is 23.7 Å². The zero-order valence-electron chi connectivity index (χ0n) is 11.9. The van der Waals surface area contributed by atoms with E-state index in [-0.39, 0.29) is 18.0 Å². The highest BCUT2D eigenvalue weighted by molar-refractivity contribution is 6.30. The second kappa shape index (κ2) is 7.51. The first-order chi connectivity index (χ1) is 8.90. The lowest BCUT2D eigenvalue weighted by atomic mass is 10.1. The Kier molecular flexibility index (Phi) is 6.32. The van der Waals surface area contributed by atoms with Gasteiger partial charge in [0.1, 0.15) is 0 Å². The molecule has 2 N–H and O–H groups in total. The molecule has 0 saturated carbocycles. The first-order valence-electron chi connectivity index (χ1n) is 6.69. The predicted octanol–water partition coefficient (Wildman–Crippen LogP) is 3.20. The molecular weight excluding hydrogens is 260 g/mol. The molecule has 0 aromatic heterocycles. The topological polar surface area (TPSA) is 46.3 Å². The molecule has 0 aliphatic rings. The maximum absolute atomic E-state index is 12.2. The quantitative estimate of drug-likeness (QED) is 0.871. The van der Waals surface area contributed by atoms with Crippen molar-refractivity contribution in [3.8, 4) is 0 Å². The molecule has 0 bridgehead atoms. The van der Waals surface area contributed by atoms with E-state index in [9.17, 15) is 4.79 Å².